The number of rotatable bonds is 4. The van der Waals surface area contributed by atoms with Gasteiger partial charge in [0.2, 0.25) is 0 Å². The minimum absolute atomic E-state index is 0.297. The van der Waals surface area contributed by atoms with E-state index in [-0.39, 0.29) is 5.97 Å². The molecule has 0 heterocycles. The summed E-state index contributed by atoms with van der Waals surface area (Å²) in [7, 11) is 1.40. The molecule has 0 amide bonds. The van der Waals surface area contributed by atoms with Crippen LogP contribution in [0.4, 0.5) is 5.69 Å². The van der Waals surface area contributed by atoms with E-state index in [1.165, 1.54) is 7.11 Å². The van der Waals surface area contributed by atoms with Crippen LogP contribution in [0.2, 0.25) is 0 Å². The van der Waals surface area contributed by atoms with Gasteiger partial charge in [-0.1, -0.05) is 18.2 Å². The molecule has 2 aromatic carbocycles. The van der Waals surface area contributed by atoms with Crippen molar-refractivity contribution in [3.05, 3.63) is 59.2 Å². The number of nitrogens with two attached hydrogens (primary N) is 1. The van der Waals surface area contributed by atoms with Gasteiger partial charge in [0.1, 0.15) is 0 Å². The number of hydrogen-bond acceptors (Lipinski definition) is 4. The lowest BCUT2D eigenvalue weighted by Gasteiger charge is -2.08. The SMILES string of the molecule is COC(=O)c1ccccc1CSc1ccc(N)c(C)c1. The molecule has 104 valence electrons. The lowest BCUT2D eigenvalue weighted by Crippen LogP contribution is -2.04. The van der Waals surface area contributed by atoms with Crippen LogP contribution in [0.1, 0.15) is 21.5 Å². The number of hydrogen-bond donors (Lipinski definition) is 1. The fourth-order valence-electron chi connectivity index (χ4n) is 1.85. The van der Waals surface area contributed by atoms with Gasteiger partial charge in [0.05, 0.1) is 12.7 Å². The summed E-state index contributed by atoms with van der Waals surface area (Å²) in [5.41, 5.74) is 9.26. The fourth-order valence-corrected chi connectivity index (χ4v) is 2.85. The van der Waals surface area contributed by atoms with Crippen molar-refractivity contribution in [3.8, 4) is 0 Å². The molecule has 0 fully saturated rings. The average molecular weight is 287 g/mol. The third kappa shape index (κ3) is 3.33. The van der Waals surface area contributed by atoms with Crippen LogP contribution < -0.4 is 5.73 Å². The largest absolute Gasteiger partial charge is 0.465 e. The van der Waals surface area contributed by atoms with Crippen molar-refractivity contribution in [1.82, 2.24) is 0 Å². The molecule has 2 rings (SSSR count). The molecule has 4 heteroatoms. The van der Waals surface area contributed by atoms with E-state index in [1.54, 1.807) is 17.8 Å². The highest BCUT2D eigenvalue weighted by Gasteiger charge is 2.11. The highest BCUT2D eigenvalue weighted by atomic mass is 32.2. The Balaban J connectivity index is 2.14. The van der Waals surface area contributed by atoms with E-state index >= 15 is 0 Å². The molecule has 2 aromatic rings. The molecule has 0 unspecified atom stereocenters. The Kier molecular flexibility index (Phi) is 4.69. The van der Waals surface area contributed by atoms with E-state index in [0.717, 1.165) is 21.7 Å². The van der Waals surface area contributed by atoms with Gasteiger partial charge >= 0.3 is 5.97 Å². The zero-order valence-corrected chi connectivity index (χ0v) is 12.4. The maximum atomic E-state index is 11.7. The molecule has 20 heavy (non-hydrogen) atoms. The number of aryl methyl sites for hydroxylation is 1. The third-order valence-electron chi connectivity index (χ3n) is 3.06. The molecule has 0 aliphatic rings. The average Bonchev–Trinajstić information content (AvgIpc) is 2.48. The van der Waals surface area contributed by atoms with Crippen LogP contribution in [-0.2, 0) is 10.5 Å². The van der Waals surface area contributed by atoms with Gasteiger partial charge in [-0.2, -0.15) is 0 Å². The first kappa shape index (κ1) is 14.5. The van der Waals surface area contributed by atoms with E-state index in [2.05, 4.69) is 6.07 Å². The fraction of sp³-hybridized carbons (Fsp3) is 0.188. The standard InChI is InChI=1S/C16H17NO2S/c1-11-9-13(7-8-15(11)17)20-10-12-5-3-4-6-14(12)16(18)19-2/h3-9H,10,17H2,1-2H3. The second-order valence-electron chi connectivity index (χ2n) is 4.46. The number of anilines is 1. The predicted octanol–water partition coefficient (Wildman–Crippen LogP) is 3.66. The highest BCUT2D eigenvalue weighted by molar-refractivity contribution is 7.98. The van der Waals surface area contributed by atoms with Crippen LogP contribution >= 0.6 is 11.8 Å². The summed E-state index contributed by atoms with van der Waals surface area (Å²) in [6.45, 7) is 1.99. The highest BCUT2D eigenvalue weighted by Crippen LogP contribution is 2.27. The molecule has 0 aliphatic carbocycles. The van der Waals surface area contributed by atoms with Crippen molar-refractivity contribution in [2.45, 2.75) is 17.6 Å². The minimum Gasteiger partial charge on any atom is -0.465 e. The first-order chi connectivity index (χ1) is 9.61. The second-order valence-corrected chi connectivity index (χ2v) is 5.50. The van der Waals surface area contributed by atoms with Gasteiger partial charge in [-0.15, -0.1) is 11.8 Å². The Morgan fingerprint density at radius 2 is 2.00 bits per heavy atom. The van der Waals surface area contributed by atoms with Gasteiger partial charge in [0, 0.05) is 16.3 Å². The molecule has 3 nitrogen and oxygen atoms in total. The number of methoxy groups -OCH3 is 1. The van der Waals surface area contributed by atoms with E-state index in [9.17, 15) is 4.79 Å². The zero-order valence-electron chi connectivity index (χ0n) is 11.6. The Morgan fingerprint density at radius 1 is 1.25 bits per heavy atom. The van der Waals surface area contributed by atoms with Gasteiger partial charge in [0.25, 0.3) is 0 Å². The van der Waals surface area contributed by atoms with Gasteiger partial charge in [-0.25, -0.2) is 4.79 Å². The van der Waals surface area contributed by atoms with Gasteiger partial charge < -0.3 is 10.5 Å². The maximum Gasteiger partial charge on any atom is 0.338 e. The van der Waals surface area contributed by atoms with Crippen molar-refractivity contribution >= 4 is 23.4 Å². The summed E-state index contributed by atoms with van der Waals surface area (Å²) in [5.74, 6) is 0.420. The monoisotopic (exact) mass is 287 g/mol. The molecule has 0 atom stereocenters. The van der Waals surface area contributed by atoms with Gasteiger partial charge in [-0.3, -0.25) is 0 Å². The molecule has 0 radical (unpaired) electrons. The molecule has 0 aliphatic heterocycles. The van der Waals surface area contributed by atoms with Crippen molar-refractivity contribution in [2.24, 2.45) is 0 Å². The summed E-state index contributed by atoms with van der Waals surface area (Å²) < 4.78 is 4.80. The van der Waals surface area contributed by atoms with Crippen molar-refractivity contribution < 1.29 is 9.53 Å². The predicted molar refractivity (Wildman–Crippen MR) is 82.9 cm³/mol. The number of benzene rings is 2. The minimum atomic E-state index is -0.297. The molecule has 0 aromatic heterocycles. The Labute approximate surface area is 123 Å². The number of nitrogen functional groups attached to an aromatic ring is 1. The van der Waals surface area contributed by atoms with Crippen LogP contribution in [0.5, 0.6) is 0 Å². The molecular formula is C16H17NO2S. The number of thioether (sulfide) groups is 1. The van der Waals surface area contributed by atoms with Crippen LogP contribution in [0, 0.1) is 6.92 Å². The number of carbonyl (C=O) groups is 1. The number of carbonyl (C=O) groups excluding carboxylic acids is 1. The molecule has 0 bridgehead atoms. The van der Waals surface area contributed by atoms with Crippen LogP contribution in [-0.4, -0.2) is 13.1 Å². The number of esters is 1. The zero-order chi connectivity index (χ0) is 14.5. The van der Waals surface area contributed by atoms with E-state index in [0.29, 0.717) is 11.3 Å². The van der Waals surface area contributed by atoms with E-state index in [1.807, 2.05) is 37.3 Å². The summed E-state index contributed by atoms with van der Waals surface area (Å²) in [4.78, 5) is 12.8. The Hall–Kier alpha value is -1.94. The first-order valence-corrected chi connectivity index (χ1v) is 7.25. The van der Waals surface area contributed by atoms with E-state index < -0.39 is 0 Å². The second kappa shape index (κ2) is 6.48. The van der Waals surface area contributed by atoms with Gasteiger partial charge in [-0.05, 0) is 42.3 Å². The maximum absolute atomic E-state index is 11.7. The molecule has 0 saturated carbocycles. The Bertz CT molecular complexity index is 626. The van der Waals surface area contributed by atoms with Gasteiger partial charge in [0.15, 0.2) is 0 Å². The summed E-state index contributed by atoms with van der Waals surface area (Å²) in [5, 5.41) is 0. The normalized spacial score (nSPS) is 10.3. The van der Waals surface area contributed by atoms with Crippen LogP contribution in [0.3, 0.4) is 0 Å². The van der Waals surface area contributed by atoms with Crippen molar-refractivity contribution in [2.75, 3.05) is 12.8 Å². The van der Waals surface area contributed by atoms with Crippen molar-refractivity contribution in [3.63, 3.8) is 0 Å². The summed E-state index contributed by atoms with van der Waals surface area (Å²) in [6, 6.07) is 13.5. The van der Waals surface area contributed by atoms with Crippen LogP contribution in [0.25, 0.3) is 0 Å². The summed E-state index contributed by atoms with van der Waals surface area (Å²) >= 11 is 1.68. The molecular weight excluding hydrogens is 270 g/mol. The lowest BCUT2D eigenvalue weighted by atomic mass is 10.1. The van der Waals surface area contributed by atoms with Crippen molar-refractivity contribution in [1.29, 1.82) is 0 Å². The molecule has 0 saturated heterocycles. The molecule has 2 N–H and O–H groups in total. The number of ether oxygens (including phenoxy) is 1. The Morgan fingerprint density at radius 3 is 2.70 bits per heavy atom. The molecule has 0 spiro atoms. The first-order valence-electron chi connectivity index (χ1n) is 6.27. The van der Waals surface area contributed by atoms with Crippen LogP contribution in [0.15, 0.2) is 47.4 Å². The van der Waals surface area contributed by atoms with E-state index in [4.69, 9.17) is 10.5 Å². The summed E-state index contributed by atoms with van der Waals surface area (Å²) in [6.07, 6.45) is 0. The third-order valence-corrected chi connectivity index (χ3v) is 4.10. The smallest absolute Gasteiger partial charge is 0.338 e. The quantitative estimate of drug-likeness (QED) is 0.530. The topological polar surface area (TPSA) is 52.3 Å². The lowest BCUT2D eigenvalue weighted by molar-refractivity contribution is 0.0600.